The molecule has 60 valence electrons. The summed E-state index contributed by atoms with van der Waals surface area (Å²) < 4.78 is 15.0. The molecule has 0 radical (unpaired) electrons. The molecule has 3 nitrogen and oxygen atoms in total. The summed E-state index contributed by atoms with van der Waals surface area (Å²) in [6.45, 7) is 0. The van der Waals surface area contributed by atoms with Crippen molar-refractivity contribution in [2.24, 2.45) is 0 Å². The van der Waals surface area contributed by atoms with Gasteiger partial charge in [0.05, 0.1) is 0 Å². The van der Waals surface area contributed by atoms with E-state index in [9.17, 15) is 8.23 Å². The van der Waals surface area contributed by atoms with E-state index in [-0.39, 0.29) is 5.97 Å². The molecule has 1 aliphatic heterocycles. The zero-order valence-corrected chi connectivity index (χ0v) is 7.87. The molecule has 0 fully saturated rings. The summed E-state index contributed by atoms with van der Waals surface area (Å²) in [6, 6.07) is 0. The minimum atomic E-state index is -2.49. The normalized spacial score (nSPS) is 25.5. The summed E-state index contributed by atoms with van der Waals surface area (Å²) in [5, 5.41) is 0. The minimum absolute atomic E-state index is 0.369. The van der Waals surface area contributed by atoms with Gasteiger partial charge in [0, 0.05) is 0 Å². The third kappa shape index (κ3) is 1.20. The molecule has 1 aliphatic carbocycles. The van der Waals surface area contributed by atoms with E-state index in [0.29, 0.717) is 0 Å². The summed E-state index contributed by atoms with van der Waals surface area (Å²) in [7, 11) is 0. The van der Waals surface area contributed by atoms with Crippen LogP contribution in [0.15, 0.2) is 21.3 Å². The molecule has 0 bridgehead atoms. The van der Waals surface area contributed by atoms with Gasteiger partial charge in [-0.2, -0.15) is 0 Å². The van der Waals surface area contributed by atoms with Crippen LogP contribution in [-0.2, 0) is 7.86 Å². The number of allylic oxidation sites excluding steroid dienone is 3. The molecule has 2 rings (SSSR count). The zero-order chi connectivity index (χ0) is 7.84. The van der Waals surface area contributed by atoms with Gasteiger partial charge in [-0.15, -0.1) is 0 Å². The number of halogens is 1. The van der Waals surface area contributed by atoms with E-state index in [2.05, 4.69) is 0 Å². The van der Waals surface area contributed by atoms with Crippen molar-refractivity contribution < 1.29 is 11.3 Å². The van der Waals surface area contributed by atoms with Crippen LogP contribution < -0.4 is 0 Å². The summed E-state index contributed by atoms with van der Waals surface area (Å²) in [5.41, 5.74) is 0.994. The monoisotopic (exact) mass is 266 g/mol. The van der Waals surface area contributed by atoms with E-state index in [1.807, 2.05) is 6.08 Å². The first-order valence-electron chi connectivity index (χ1n) is 3.30. The topological polar surface area (TPSA) is 46.5 Å². The molecule has 0 aromatic rings. The number of rotatable bonds is 0. The van der Waals surface area contributed by atoms with Crippen molar-refractivity contribution in [3.8, 4) is 0 Å². The summed E-state index contributed by atoms with van der Waals surface area (Å²) in [4.78, 5) is 10.8. The molecule has 0 amide bonds. The first-order valence-corrected chi connectivity index (χ1v) is 6.22. The van der Waals surface area contributed by atoms with E-state index in [1.165, 1.54) is 6.08 Å². The Bertz CT molecular complexity index is 267. The van der Waals surface area contributed by atoms with E-state index in [4.69, 9.17) is 3.07 Å². The molecule has 1 N–H and O–H groups in total. The van der Waals surface area contributed by atoms with E-state index in [0.717, 1.165) is 22.0 Å². The number of hydrogen-bond donors (Lipinski definition) is 1. The van der Waals surface area contributed by atoms with Crippen molar-refractivity contribution in [1.82, 2.24) is 0 Å². The Morgan fingerprint density at radius 1 is 1.64 bits per heavy atom. The maximum atomic E-state index is 10.8. The standard InChI is InChI=1S/C7H7IO3/c9-7-4-5-2-1-3-6(5)8(10)11-7/h3-4,10H,1-2H2. The van der Waals surface area contributed by atoms with Crippen LogP contribution in [0.3, 0.4) is 0 Å². The van der Waals surface area contributed by atoms with Crippen LogP contribution in [0.5, 0.6) is 0 Å². The maximum absolute atomic E-state index is 10.8. The van der Waals surface area contributed by atoms with Gasteiger partial charge in [0.15, 0.2) is 0 Å². The molecule has 0 saturated carbocycles. The number of carbonyl (C=O) groups is 1. The van der Waals surface area contributed by atoms with Crippen molar-refractivity contribution in [2.45, 2.75) is 12.8 Å². The van der Waals surface area contributed by atoms with Crippen molar-refractivity contribution in [2.75, 3.05) is 0 Å². The number of carbonyl (C=O) groups excluding carboxylic acids is 1. The van der Waals surface area contributed by atoms with Gasteiger partial charge in [-0.25, -0.2) is 0 Å². The van der Waals surface area contributed by atoms with Crippen molar-refractivity contribution >= 4 is 26.6 Å². The molecule has 0 unspecified atom stereocenters. The van der Waals surface area contributed by atoms with Crippen LogP contribution in [0.1, 0.15) is 12.8 Å². The molecule has 0 spiro atoms. The Morgan fingerprint density at radius 2 is 2.45 bits per heavy atom. The predicted molar refractivity (Wildman–Crippen MR) is 47.7 cm³/mol. The number of fused-ring (bicyclic) bond motifs is 1. The van der Waals surface area contributed by atoms with Gasteiger partial charge in [-0.1, -0.05) is 0 Å². The van der Waals surface area contributed by atoms with E-state index in [1.54, 1.807) is 0 Å². The Balaban J connectivity index is 2.39. The first-order chi connectivity index (χ1) is 5.27. The molecule has 11 heavy (non-hydrogen) atoms. The molecule has 1 heterocycles. The van der Waals surface area contributed by atoms with Crippen LogP contribution in [0.4, 0.5) is 0 Å². The van der Waals surface area contributed by atoms with Crippen LogP contribution in [0.25, 0.3) is 0 Å². The van der Waals surface area contributed by atoms with E-state index >= 15 is 0 Å². The van der Waals surface area contributed by atoms with Crippen molar-refractivity contribution in [1.29, 1.82) is 0 Å². The zero-order valence-electron chi connectivity index (χ0n) is 5.71. The van der Waals surface area contributed by atoms with Crippen molar-refractivity contribution in [3.63, 3.8) is 0 Å². The molecule has 0 atom stereocenters. The molecule has 2 aliphatic rings. The quantitative estimate of drug-likeness (QED) is 0.675. The molecule has 0 aromatic heterocycles. The van der Waals surface area contributed by atoms with Gasteiger partial charge in [-0.3, -0.25) is 0 Å². The molecule has 0 aromatic carbocycles. The van der Waals surface area contributed by atoms with Gasteiger partial charge in [0.1, 0.15) is 0 Å². The van der Waals surface area contributed by atoms with Crippen LogP contribution >= 0.6 is 20.6 Å². The first kappa shape index (κ1) is 7.30. The summed E-state index contributed by atoms with van der Waals surface area (Å²) >= 11 is -2.49. The fraction of sp³-hybridized carbons (Fsp3) is 0.286. The second-order valence-electron chi connectivity index (χ2n) is 2.39. The molecular formula is C7H7IO3. The predicted octanol–water partition coefficient (Wildman–Crippen LogP) is 1.48. The van der Waals surface area contributed by atoms with Crippen LogP contribution in [0, 0.1) is 0 Å². The van der Waals surface area contributed by atoms with Crippen LogP contribution in [-0.4, -0.2) is 9.41 Å². The summed E-state index contributed by atoms with van der Waals surface area (Å²) in [6.07, 6.45) is 5.29. The van der Waals surface area contributed by atoms with Gasteiger partial charge in [0.25, 0.3) is 0 Å². The third-order valence-electron chi connectivity index (χ3n) is 1.66. The van der Waals surface area contributed by atoms with Gasteiger partial charge >= 0.3 is 72.1 Å². The Hall–Kier alpha value is -0.360. The fourth-order valence-electron chi connectivity index (χ4n) is 1.19. The average molecular weight is 266 g/mol. The van der Waals surface area contributed by atoms with E-state index < -0.39 is 20.6 Å². The summed E-state index contributed by atoms with van der Waals surface area (Å²) in [5.74, 6) is -0.369. The average Bonchev–Trinajstić information content (AvgIpc) is 2.34. The number of hydrogen-bond acceptors (Lipinski definition) is 3. The SMILES string of the molecule is O=C1C=C2CCC=C2I(O)O1. The third-order valence-corrected chi connectivity index (χ3v) is 4.64. The van der Waals surface area contributed by atoms with Gasteiger partial charge in [-0.05, 0) is 0 Å². The Labute approximate surface area is 72.2 Å². The second kappa shape index (κ2) is 2.60. The Kier molecular flexibility index (Phi) is 1.72. The van der Waals surface area contributed by atoms with Crippen molar-refractivity contribution in [3.05, 3.63) is 21.3 Å². The van der Waals surface area contributed by atoms with Crippen LogP contribution in [0.2, 0.25) is 0 Å². The molecular weight excluding hydrogens is 259 g/mol. The fourth-order valence-corrected chi connectivity index (χ4v) is 3.68. The molecule has 4 heteroatoms. The van der Waals surface area contributed by atoms with Gasteiger partial charge in [0.2, 0.25) is 0 Å². The second-order valence-corrected chi connectivity index (χ2v) is 5.31. The molecule has 0 saturated heterocycles. The van der Waals surface area contributed by atoms with Gasteiger partial charge < -0.3 is 0 Å². The Morgan fingerprint density at radius 3 is 3.27 bits per heavy atom.